The van der Waals surface area contributed by atoms with Gasteiger partial charge in [0, 0.05) is 19.1 Å². The van der Waals surface area contributed by atoms with Crippen LogP contribution in [0.4, 0.5) is 0 Å². The van der Waals surface area contributed by atoms with Crippen LogP contribution >= 0.6 is 0 Å². The molecule has 2 rings (SSSR count). The molecular weight excluding hydrogens is 292 g/mol. The summed E-state index contributed by atoms with van der Waals surface area (Å²) in [5.74, 6) is -0.621. The van der Waals surface area contributed by atoms with E-state index < -0.39 is 5.97 Å². The van der Waals surface area contributed by atoms with Gasteiger partial charge in [-0.3, -0.25) is 14.5 Å². The molecule has 0 radical (unpaired) electrons. The minimum absolute atomic E-state index is 0.0817. The highest BCUT2D eigenvalue weighted by atomic mass is 16.4. The van der Waals surface area contributed by atoms with Crippen molar-refractivity contribution in [1.82, 2.24) is 9.80 Å². The summed E-state index contributed by atoms with van der Waals surface area (Å²) < 4.78 is 0. The van der Waals surface area contributed by atoms with Crippen LogP contribution in [0.5, 0.6) is 0 Å². The predicted molar refractivity (Wildman–Crippen MR) is 89.4 cm³/mol. The summed E-state index contributed by atoms with van der Waals surface area (Å²) in [5.41, 5.74) is 2.23. The molecular formula is C18H26N2O3. The number of carbonyl (C=O) groups excluding carboxylic acids is 1. The van der Waals surface area contributed by atoms with E-state index in [1.54, 1.807) is 0 Å². The molecule has 1 N–H and O–H groups in total. The molecule has 1 aliphatic heterocycles. The smallest absolute Gasteiger partial charge is 0.317 e. The summed E-state index contributed by atoms with van der Waals surface area (Å²) in [7, 11) is 0. The van der Waals surface area contributed by atoms with Crippen LogP contribution < -0.4 is 0 Å². The number of piperidine rings is 1. The summed E-state index contributed by atoms with van der Waals surface area (Å²) in [6.45, 7) is 6.25. The molecule has 1 aliphatic rings. The number of carboxylic acid groups (broad SMARTS) is 1. The Morgan fingerprint density at radius 1 is 1.26 bits per heavy atom. The molecule has 1 aromatic rings. The highest BCUT2D eigenvalue weighted by Gasteiger charge is 2.27. The van der Waals surface area contributed by atoms with Crippen LogP contribution in [0.25, 0.3) is 0 Å². The van der Waals surface area contributed by atoms with Gasteiger partial charge in [0.15, 0.2) is 0 Å². The van der Waals surface area contributed by atoms with Crippen molar-refractivity contribution in [2.45, 2.75) is 39.2 Å². The van der Waals surface area contributed by atoms with Gasteiger partial charge in [-0.15, -0.1) is 0 Å². The number of carbonyl (C=O) groups is 2. The van der Waals surface area contributed by atoms with Gasteiger partial charge in [-0.1, -0.05) is 31.2 Å². The van der Waals surface area contributed by atoms with E-state index in [0.717, 1.165) is 30.5 Å². The summed E-state index contributed by atoms with van der Waals surface area (Å²) in [4.78, 5) is 27.3. The second kappa shape index (κ2) is 8.11. The van der Waals surface area contributed by atoms with E-state index in [-0.39, 0.29) is 18.5 Å². The zero-order valence-corrected chi connectivity index (χ0v) is 14.0. The van der Waals surface area contributed by atoms with Crippen LogP contribution in [0.15, 0.2) is 24.3 Å². The van der Waals surface area contributed by atoms with Crippen molar-refractivity contribution in [2.24, 2.45) is 0 Å². The third kappa shape index (κ3) is 4.79. The molecule has 0 spiro atoms. The topological polar surface area (TPSA) is 60.9 Å². The van der Waals surface area contributed by atoms with Gasteiger partial charge in [0.1, 0.15) is 0 Å². The largest absolute Gasteiger partial charge is 0.480 e. The highest BCUT2D eigenvalue weighted by molar-refractivity contribution is 5.79. The zero-order valence-electron chi connectivity index (χ0n) is 14.0. The minimum Gasteiger partial charge on any atom is -0.480 e. The molecule has 0 saturated carbocycles. The number of aryl methyl sites for hydroxylation is 1. The fourth-order valence-corrected chi connectivity index (χ4v) is 3.24. The van der Waals surface area contributed by atoms with Crippen molar-refractivity contribution in [1.29, 1.82) is 0 Å². The molecule has 126 valence electrons. The Bertz CT molecular complexity index is 551. The third-order valence-corrected chi connectivity index (χ3v) is 4.68. The number of benzene rings is 1. The number of carboxylic acids is 1. The van der Waals surface area contributed by atoms with Crippen molar-refractivity contribution in [3.8, 4) is 0 Å². The highest BCUT2D eigenvalue weighted by Crippen LogP contribution is 2.18. The quantitative estimate of drug-likeness (QED) is 0.871. The van der Waals surface area contributed by atoms with E-state index in [4.69, 9.17) is 5.11 Å². The van der Waals surface area contributed by atoms with E-state index in [2.05, 4.69) is 0 Å². The van der Waals surface area contributed by atoms with Crippen molar-refractivity contribution in [3.63, 3.8) is 0 Å². The average molecular weight is 318 g/mol. The van der Waals surface area contributed by atoms with Crippen LogP contribution in [0, 0.1) is 6.92 Å². The summed E-state index contributed by atoms with van der Waals surface area (Å²) in [5, 5.41) is 8.97. The second-order valence-corrected chi connectivity index (χ2v) is 6.17. The van der Waals surface area contributed by atoms with E-state index in [1.807, 2.05) is 47.9 Å². The molecule has 1 amide bonds. The SMILES string of the molecule is CCN(CC(=O)O)C1CCN(C(=O)Cc2ccccc2C)CC1. The first-order valence-corrected chi connectivity index (χ1v) is 8.29. The maximum absolute atomic E-state index is 12.5. The lowest BCUT2D eigenvalue weighted by Crippen LogP contribution is -2.48. The molecule has 1 fully saturated rings. The molecule has 0 bridgehead atoms. The number of likely N-dealkylation sites (tertiary alicyclic amines) is 1. The van der Waals surface area contributed by atoms with Crippen LogP contribution in [0.3, 0.4) is 0 Å². The first kappa shape index (κ1) is 17.5. The molecule has 0 aromatic heterocycles. The van der Waals surface area contributed by atoms with E-state index in [1.165, 1.54) is 0 Å². The van der Waals surface area contributed by atoms with Gasteiger partial charge in [-0.2, -0.15) is 0 Å². The van der Waals surface area contributed by atoms with Crippen LogP contribution in [-0.4, -0.2) is 59.0 Å². The van der Waals surface area contributed by atoms with Crippen molar-refractivity contribution in [3.05, 3.63) is 35.4 Å². The van der Waals surface area contributed by atoms with Crippen LogP contribution in [0.2, 0.25) is 0 Å². The fraction of sp³-hybridized carbons (Fsp3) is 0.556. The fourth-order valence-electron chi connectivity index (χ4n) is 3.24. The lowest BCUT2D eigenvalue weighted by molar-refractivity contribution is -0.140. The maximum Gasteiger partial charge on any atom is 0.317 e. The normalized spacial score (nSPS) is 15.9. The maximum atomic E-state index is 12.5. The van der Waals surface area contributed by atoms with Gasteiger partial charge in [0.05, 0.1) is 13.0 Å². The zero-order chi connectivity index (χ0) is 16.8. The minimum atomic E-state index is -0.787. The Morgan fingerprint density at radius 2 is 1.91 bits per heavy atom. The molecule has 0 unspecified atom stereocenters. The van der Waals surface area contributed by atoms with Gasteiger partial charge in [-0.25, -0.2) is 0 Å². The van der Waals surface area contributed by atoms with Gasteiger partial charge in [-0.05, 0) is 37.4 Å². The summed E-state index contributed by atoms with van der Waals surface area (Å²) in [6, 6.07) is 8.24. The number of hydrogen-bond acceptors (Lipinski definition) is 3. The molecule has 23 heavy (non-hydrogen) atoms. The number of rotatable bonds is 6. The summed E-state index contributed by atoms with van der Waals surface area (Å²) in [6.07, 6.45) is 2.14. The lowest BCUT2D eigenvalue weighted by Gasteiger charge is -2.37. The number of aliphatic carboxylic acids is 1. The Hall–Kier alpha value is -1.88. The van der Waals surface area contributed by atoms with Gasteiger partial charge < -0.3 is 10.0 Å². The molecule has 0 atom stereocenters. The van der Waals surface area contributed by atoms with Crippen molar-refractivity contribution >= 4 is 11.9 Å². The number of nitrogens with zero attached hydrogens (tertiary/aromatic N) is 2. The summed E-state index contributed by atoms with van der Waals surface area (Å²) >= 11 is 0. The lowest BCUT2D eigenvalue weighted by atomic mass is 10.0. The van der Waals surface area contributed by atoms with E-state index >= 15 is 0 Å². The molecule has 1 saturated heterocycles. The van der Waals surface area contributed by atoms with Crippen LogP contribution in [-0.2, 0) is 16.0 Å². The number of amides is 1. The number of hydrogen-bond donors (Lipinski definition) is 1. The van der Waals surface area contributed by atoms with E-state index in [0.29, 0.717) is 19.5 Å². The molecule has 5 heteroatoms. The Kier molecular flexibility index (Phi) is 6.16. The van der Waals surface area contributed by atoms with Crippen molar-refractivity contribution in [2.75, 3.05) is 26.2 Å². The molecule has 5 nitrogen and oxygen atoms in total. The first-order chi connectivity index (χ1) is 11.0. The van der Waals surface area contributed by atoms with Crippen molar-refractivity contribution < 1.29 is 14.7 Å². The molecule has 0 aliphatic carbocycles. The Balaban J connectivity index is 1.87. The third-order valence-electron chi connectivity index (χ3n) is 4.68. The average Bonchev–Trinajstić information content (AvgIpc) is 2.54. The van der Waals surface area contributed by atoms with Gasteiger partial charge >= 0.3 is 5.97 Å². The second-order valence-electron chi connectivity index (χ2n) is 6.17. The van der Waals surface area contributed by atoms with Gasteiger partial charge in [0.25, 0.3) is 0 Å². The Morgan fingerprint density at radius 3 is 2.48 bits per heavy atom. The molecule has 1 aromatic carbocycles. The Labute approximate surface area is 137 Å². The van der Waals surface area contributed by atoms with E-state index in [9.17, 15) is 9.59 Å². The predicted octanol–water partition coefficient (Wildman–Crippen LogP) is 1.94. The van der Waals surface area contributed by atoms with Gasteiger partial charge in [0.2, 0.25) is 5.91 Å². The monoisotopic (exact) mass is 318 g/mol. The van der Waals surface area contributed by atoms with Crippen LogP contribution in [0.1, 0.15) is 30.9 Å². The standard InChI is InChI=1S/C18H26N2O3/c1-3-19(13-18(22)23)16-8-10-20(11-9-16)17(21)12-15-7-5-4-6-14(15)2/h4-7,16H,3,8-13H2,1-2H3,(H,22,23). The first-order valence-electron chi connectivity index (χ1n) is 8.29. The number of likely N-dealkylation sites (N-methyl/N-ethyl adjacent to an activating group) is 1. The molecule has 1 heterocycles.